The molecule has 0 radical (unpaired) electrons. The van der Waals surface area contributed by atoms with E-state index in [1.54, 1.807) is 0 Å². The average Bonchev–Trinajstić information content (AvgIpc) is 1.87. The van der Waals surface area contributed by atoms with Crippen LogP contribution in [0.2, 0.25) is 0 Å². The fourth-order valence-electron chi connectivity index (χ4n) is 0.350. The molecule has 0 saturated heterocycles. The predicted octanol–water partition coefficient (Wildman–Crippen LogP) is 0.797. The number of amidine groups is 2. The van der Waals surface area contributed by atoms with Crippen molar-refractivity contribution in [2.45, 2.75) is 6.42 Å². The summed E-state index contributed by atoms with van der Waals surface area (Å²) in [7, 11) is 0. The lowest BCUT2D eigenvalue weighted by Crippen LogP contribution is -1.88. The minimum atomic E-state index is 0.185. The lowest BCUT2D eigenvalue weighted by Gasteiger charge is -1.73. The Morgan fingerprint density at radius 1 is 1.14 bits per heavy atom. The van der Waals surface area contributed by atoms with Crippen LogP contribution in [0, 0.1) is 10.8 Å². The standard InChI is InChI=1S/C3H4N4/c4-2-1-3(5)7-6-2/h4-5H,1H2. The van der Waals surface area contributed by atoms with E-state index >= 15 is 0 Å². The molecule has 0 spiro atoms. The molecule has 4 nitrogen and oxygen atoms in total. The van der Waals surface area contributed by atoms with Crippen LogP contribution in [0.25, 0.3) is 0 Å². The van der Waals surface area contributed by atoms with Crippen LogP contribution in [0.3, 0.4) is 0 Å². The van der Waals surface area contributed by atoms with Gasteiger partial charge in [0.25, 0.3) is 0 Å². The molecule has 1 heterocycles. The highest BCUT2D eigenvalue weighted by Crippen LogP contribution is 1.99. The zero-order chi connectivity index (χ0) is 5.28. The van der Waals surface area contributed by atoms with E-state index in [-0.39, 0.29) is 11.7 Å². The predicted molar refractivity (Wildman–Crippen MR) is 24.9 cm³/mol. The van der Waals surface area contributed by atoms with E-state index in [1.165, 1.54) is 0 Å². The van der Waals surface area contributed by atoms with Gasteiger partial charge in [-0.1, -0.05) is 0 Å². The number of hydrogen-bond donors (Lipinski definition) is 2. The van der Waals surface area contributed by atoms with Crippen molar-refractivity contribution in [3.05, 3.63) is 0 Å². The molecule has 4 heteroatoms. The van der Waals surface area contributed by atoms with E-state index in [0.717, 1.165) is 0 Å². The summed E-state index contributed by atoms with van der Waals surface area (Å²) in [5.74, 6) is 0.370. The Labute approximate surface area is 40.3 Å². The van der Waals surface area contributed by atoms with E-state index in [1.807, 2.05) is 0 Å². The Bertz CT molecular complexity index is 129. The van der Waals surface area contributed by atoms with Gasteiger partial charge in [0, 0.05) is 0 Å². The molecule has 36 valence electrons. The average molecular weight is 96.1 g/mol. The van der Waals surface area contributed by atoms with Gasteiger partial charge in [-0.05, 0) is 0 Å². The van der Waals surface area contributed by atoms with Crippen LogP contribution in [0.1, 0.15) is 6.42 Å². The highest BCUT2D eigenvalue weighted by Gasteiger charge is 2.05. The summed E-state index contributed by atoms with van der Waals surface area (Å²) in [5.41, 5.74) is 0. The largest absolute Gasteiger partial charge is 0.285 e. The first-order valence-corrected chi connectivity index (χ1v) is 1.85. The SMILES string of the molecule is N=C1CC(=N)N=N1. The highest BCUT2D eigenvalue weighted by atomic mass is 15.2. The van der Waals surface area contributed by atoms with Crippen molar-refractivity contribution in [1.29, 1.82) is 10.8 Å². The quantitative estimate of drug-likeness (QED) is 0.447. The molecular weight excluding hydrogens is 92.1 g/mol. The summed E-state index contributed by atoms with van der Waals surface area (Å²) in [5, 5.41) is 20.2. The van der Waals surface area contributed by atoms with Gasteiger partial charge >= 0.3 is 0 Å². The van der Waals surface area contributed by atoms with Gasteiger partial charge in [0.05, 0.1) is 6.42 Å². The second-order valence-corrected chi connectivity index (χ2v) is 1.27. The summed E-state index contributed by atoms with van der Waals surface area (Å²) < 4.78 is 0. The number of nitrogens with one attached hydrogen (secondary N) is 2. The third-order valence-electron chi connectivity index (χ3n) is 0.626. The first kappa shape index (κ1) is 4.11. The molecule has 0 amide bonds. The van der Waals surface area contributed by atoms with Crippen LogP contribution >= 0.6 is 0 Å². The molecule has 0 unspecified atom stereocenters. The fourth-order valence-corrected chi connectivity index (χ4v) is 0.350. The molecule has 7 heavy (non-hydrogen) atoms. The monoisotopic (exact) mass is 96.0 g/mol. The zero-order valence-electron chi connectivity index (χ0n) is 3.60. The summed E-state index contributed by atoms with van der Waals surface area (Å²) in [6.45, 7) is 0. The van der Waals surface area contributed by atoms with Crippen molar-refractivity contribution in [3.8, 4) is 0 Å². The maximum absolute atomic E-state index is 6.78. The van der Waals surface area contributed by atoms with Crippen LogP contribution in [-0.2, 0) is 0 Å². The molecule has 1 aliphatic heterocycles. The van der Waals surface area contributed by atoms with Crippen molar-refractivity contribution in [2.75, 3.05) is 0 Å². The van der Waals surface area contributed by atoms with E-state index < -0.39 is 0 Å². The van der Waals surface area contributed by atoms with Crippen molar-refractivity contribution >= 4 is 11.7 Å². The lowest BCUT2D eigenvalue weighted by molar-refractivity contribution is 1.33. The van der Waals surface area contributed by atoms with Crippen LogP contribution < -0.4 is 0 Å². The Morgan fingerprint density at radius 3 is 1.71 bits per heavy atom. The number of hydrogen-bond acceptors (Lipinski definition) is 2. The van der Waals surface area contributed by atoms with Gasteiger partial charge in [0.1, 0.15) is 0 Å². The van der Waals surface area contributed by atoms with E-state index in [9.17, 15) is 0 Å². The molecule has 1 aliphatic rings. The first-order chi connectivity index (χ1) is 3.29. The molecule has 2 N–H and O–H groups in total. The molecule has 0 atom stereocenters. The normalized spacial score (nSPS) is 18.9. The number of azo groups is 1. The number of rotatable bonds is 0. The van der Waals surface area contributed by atoms with Crippen LogP contribution in [-0.4, -0.2) is 11.7 Å². The summed E-state index contributed by atoms with van der Waals surface area (Å²) in [6.07, 6.45) is 0.306. The Balaban J connectivity index is 2.76. The minimum Gasteiger partial charge on any atom is -0.285 e. The fraction of sp³-hybridized carbons (Fsp3) is 0.333. The van der Waals surface area contributed by atoms with Crippen molar-refractivity contribution in [3.63, 3.8) is 0 Å². The molecule has 0 aromatic heterocycles. The maximum atomic E-state index is 6.78. The van der Waals surface area contributed by atoms with Gasteiger partial charge in [-0.15, -0.1) is 10.2 Å². The van der Waals surface area contributed by atoms with Gasteiger partial charge in [0.15, 0.2) is 11.7 Å². The second-order valence-electron chi connectivity index (χ2n) is 1.27. The Kier molecular flexibility index (Phi) is 0.714. The van der Waals surface area contributed by atoms with Crippen molar-refractivity contribution < 1.29 is 0 Å². The number of nitrogens with zero attached hydrogens (tertiary/aromatic N) is 2. The summed E-state index contributed by atoms with van der Waals surface area (Å²) in [4.78, 5) is 0. The lowest BCUT2D eigenvalue weighted by atomic mass is 10.4. The molecule has 0 fully saturated rings. The van der Waals surface area contributed by atoms with Crippen molar-refractivity contribution in [2.24, 2.45) is 10.2 Å². The second kappa shape index (κ2) is 1.22. The van der Waals surface area contributed by atoms with Gasteiger partial charge in [-0.3, -0.25) is 10.8 Å². The first-order valence-electron chi connectivity index (χ1n) is 1.85. The molecule has 0 aromatic rings. The smallest absolute Gasteiger partial charge is 0.151 e. The minimum absolute atomic E-state index is 0.185. The molecule has 0 saturated carbocycles. The van der Waals surface area contributed by atoms with E-state index in [0.29, 0.717) is 6.42 Å². The summed E-state index contributed by atoms with van der Waals surface area (Å²) >= 11 is 0. The van der Waals surface area contributed by atoms with Gasteiger partial charge in [-0.2, -0.15) is 0 Å². The third-order valence-corrected chi connectivity index (χ3v) is 0.626. The topological polar surface area (TPSA) is 72.4 Å². The summed E-state index contributed by atoms with van der Waals surface area (Å²) in [6, 6.07) is 0. The highest BCUT2D eigenvalue weighted by molar-refractivity contribution is 6.04. The molecule has 0 aliphatic carbocycles. The van der Waals surface area contributed by atoms with Gasteiger partial charge < -0.3 is 0 Å². The van der Waals surface area contributed by atoms with Gasteiger partial charge in [0.2, 0.25) is 0 Å². The van der Waals surface area contributed by atoms with Crippen LogP contribution in [0.5, 0.6) is 0 Å². The van der Waals surface area contributed by atoms with E-state index in [2.05, 4.69) is 10.2 Å². The molecular formula is C3H4N4. The van der Waals surface area contributed by atoms with Crippen LogP contribution in [0.15, 0.2) is 10.2 Å². The Morgan fingerprint density at radius 2 is 1.57 bits per heavy atom. The molecule has 1 rings (SSSR count). The van der Waals surface area contributed by atoms with E-state index in [4.69, 9.17) is 10.8 Å². The molecule has 0 bridgehead atoms. The van der Waals surface area contributed by atoms with Gasteiger partial charge in [-0.25, -0.2) is 0 Å². The van der Waals surface area contributed by atoms with Crippen LogP contribution in [0.4, 0.5) is 0 Å². The zero-order valence-corrected chi connectivity index (χ0v) is 3.60. The third kappa shape index (κ3) is 0.677. The Hall–Kier alpha value is -1.06. The van der Waals surface area contributed by atoms with Crippen molar-refractivity contribution in [1.82, 2.24) is 0 Å². The maximum Gasteiger partial charge on any atom is 0.151 e. The molecule has 0 aromatic carbocycles.